The molecule has 26 heavy (non-hydrogen) atoms. The fraction of sp³-hybridized carbons (Fsp3) is 0.412. The Kier molecular flexibility index (Phi) is 5.38. The summed E-state index contributed by atoms with van der Waals surface area (Å²) in [5, 5.41) is 15.2. The summed E-state index contributed by atoms with van der Waals surface area (Å²) in [7, 11) is 0. The van der Waals surface area contributed by atoms with Crippen LogP contribution in [0.15, 0.2) is 28.7 Å². The van der Waals surface area contributed by atoms with Gasteiger partial charge in [0.1, 0.15) is 24.0 Å². The first kappa shape index (κ1) is 18.5. The van der Waals surface area contributed by atoms with Crippen LogP contribution in [-0.2, 0) is 16.1 Å². The number of hydrogen-bond acceptors (Lipinski definition) is 5. The topological polar surface area (TPSA) is 90.5 Å². The number of carbonyl (C=O) groups excluding carboxylic acids is 1. The van der Waals surface area contributed by atoms with Gasteiger partial charge in [0.05, 0.1) is 18.1 Å². The molecule has 1 fully saturated rings. The summed E-state index contributed by atoms with van der Waals surface area (Å²) < 4.78 is 8.18. The third-order valence-corrected chi connectivity index (χ3v) is 5.00. The Morgan fingerprint density at radius 3 is 2.69 bits per heavy atom. The Morgan fingerprint density at radius 2 is 2.08 bits per heavy atom. The average molecular weight is 423 g/mol. The molecule has 0 radical (unpaired) electrons. The zero-order chi connectivity index (χ0) is 18.8. The second kappa shape index (κ2) is 7.55. The number of hydrogen-bond donors (Lipinski definition) is 0. The van der Waals surface area contributed by atoms with Crippen molar-refractivity contribution in [3.05, 3.63) is 55.8 Å². The van der Waals surface area contributed by atoms with Crippen molar-refractivity contribution in [3.63, 3.8) is 0 Å². The summed E-state index contributed by atoms with van der Waals surface area (Å²) in [5.74, 6) is -0.129. The third kappa shape index (κ3) is 3.78. The van der Waals surface area contributed by atoms with Gasteiger partial charge in [-0.1, -0.05) is 28.1 Å². The Balaban J connectivity index is 1.71. The van der Waals surface area contributed by atoms with Crippen LogP contribution in [0.4, 0.5) is 5.69 Å². The van der Waals surface area contributed by atoms with Crippen molar-refractivity contribution < 1.29 is 14.5 Å². The molecule has 8 nitrogen and oxygen atoms in total. The van der Waals surface area contributed by atoms with E-state index in [2.05, 4.69) is 21.0 Å². The van der Waals surface area contributed by atoms with Crippen LogP contribution in [0.5, 0.6) is 0 Å². The lowest BCUT2D eigenvalue weighted by Gasteiger charge is -2.33. The maximum atomic E-state index is 12.7. The fourth-order valence-electron chi connectivity index (χ4n) is 3.09. The molecule has 1 aromatic carbocycles. The van der Waals surface area contributed by atoms with E-state index in [0.29, 0.717) is 31.1 Å². The predicted octanol–water partition coefficient (Wildman–Crippen LogP) is 2.77. The Hall–Kier alpha value is -2.26. The van der Waals surface area contributed by atoms with E-state index in [1.54, 1.807) is 18.7 Å². The van der Waals surface area contributed by atoms with E-state index >= 15 is 0 Å². The summed E-state index contributed by atoms with van der Waals surface area (Å²) in [5.41, 5.74) is 1.67. The Morgan fingerprint density at radius 1 is 1.38 bits per heavy atom. The molecule has 1 aromatic heterocycles. The summed E-state index contributed by atoms with van der Waals surface area (Å²) in [6.45, 7) is 4.55. The lowest BCUT2D eigenvalue weighted by molar-refractivity contribution is -0.386. The second-order valence-electron chi connectivity index (χ2n) is 6.18. The van der Waals surface area contributed by atoms with Crippen molar-refractivity contribution in [2.45, 2.75) is 26.5 Å². The minimum Gasteiger partial charge on any atom is -0.370 e. The number of halogens is 1. The predicted molar refractivity (Wildman–Crippen MR) is 97.8 cm³/mol. The molecule has 9 heteroatoms. The molecule has 1 aliphatic rings. The number of ether oxygens (including phenoxy) is 1. The van der Waals surface area contributed by atoms with Gasteiger partial charge in [-0.3, -0.25) is 19.6 Å². The van der Waals surface area contributed by atoms with Crippen LogP contribution in [0.3, 0.4) is 0 Å². The number of aromatic nitrogens is 2. The number of amides is 1. The monoisotopic (exact) mass is 422 g/mol. The molecule has 0 bridgehead atoms. The summed E-state index contributed by atoms with van der Waals surface area (Å²) >= 11 is 3.40. The second-order valence-corrected chi connectivity index (χ2v) is 7.10. The third-order valence-electron chi connectivity index (χ3n) is 4.47. The standard InChI is InChI=1S/C17H19BrN4O4/c1-11-17(22(24)25)12(2)21(19-11)10-16(23)20-7-8-26-15(9-20)13-3-5-14(18)6-4-13/h3-6,15H,7-10H2,1-2H3. The van der Waals surface area contributed by atoms with E-state index in [1.165, 1.54) is 4.68 Å². The van der Waals surface area contributed by atoms with Crippen molar-refractivity contribution in [3.8, 4) is 0 Å². The van der Waals surface area contributed by atoms with Crippen LogP contribution in [0, 0.1) is 24.0 Å². The molecule has 138 valence electrons. The van der Waals surface area contributed by atoms with Crippen LogP contribution in [0.25, 0.3) is 0 Å². The van der Waals surface area contributed by atoms with Gasteiger partial charge in [-0.05, 0) is 31.5 Å². The first-order chi connectivity index (χ1) is 12.4. The zero-order valence-electron chi connectivity index (χ0n) is 14.5. The van der Waals surface area contributed by atoms with E-state index in [0.717, 1.165) is 10.0 Å². The molecule has 0 aliphatic carbocycles. The van der Waals surface area contributed by atoms with E-state index < -0.39 is 4.92 Å². The van der Waals surface area contributed by atoms with E-state index in [-0.39, 0.29) is 24.2 Å². The Bertz CT molecular complexity index is 834. The van der Waals surface area contributed by atoms with Gasteiger partial charge in [0.15, 0.2) is 0 Å². The van der Waals surface area contributed by atoms with Gasteiger partial charge in [0.2, 0.25) is 5.91 Å². The SMILES string of the molecule is Cc1nn(CC(=O)N2CCOC(c3ccc(Br)cc3)C2)c(C)c1[N+](=O)[O-]. The normalized spacial score (nSPS) is 17.3. The largest absolute Gasteiger partial charge is 0.370 e. The lowest BCUT2D eigenvalue weighted by Crippen LogP contribution is -2.43. The van der Waals surface area contributed by atoms with Crippen molar-refractivity contribution >= 4 is 27.5 Å². The molecule has 0 saturated carbocycles. The maximum Gasteiger partial charge on any atom is 0.312 e. The van der Waals surface area contributed by atoms with Crippen LogP contribution in [0.2, 0.25) is 0 Å². The van der Waals surface area contributed by atoms with Gasteiger partial charge < -0.3 is 9.64 Å². The van der Waals surface area contributed by atoms with Crippen molar-refractivity contribution in [2.75, 3.05) is 19.7 Å². The minimum atomic E-state index is -0.461. The molecule has 1 saturated heterocycles. The van der Waals surface area contributed by atoms with Crippen LogP contribution in [-0.4, -0.2) is 45.2 Å². The van der Waals surface area contributed by atoms with E-state index in [9.17, 15) is 14.9 Å². The van der Waals surface area contributed by atoms with Crippen molar-refractivity contribution in [1.29, 1.82) is 0 Å². The highest BCUT2D eigenvalue weighted by Gasteiger charge is 2.28. The highest BCUT2D eigenvalue weighted by molar-refractivity contribution is 9.10. The number of carbonyl (C=O) groups is 1. The number of nitro groups is 1. The van der Waals surface area contributed by atoms with Crippen LogP contribution < -0.4 is 0 Å². The Labute approximate surface area is 159 Å². The number of benzene rings is 1. The summed E-state index contributed by atoms with van der Waals surface area (Å²) in [4.78, 5) is 25.0. The molecule has 0 spiro atoms. The molecule has 2 aromatic rings. The van der Waals surface area contributed by atoms with Gasteiger partial charge in [0, 0.05) is 11.0 Å². The molecule has 2 heterocycles. The molecule has 1 atom stereocenters. The van der Waals surface area contributed by atoms with Crippen molar-refractivity contribution in [2.24, 2.45) is 0 Å². The van der Waals surface area contributed by atoms with E-state index in [4.69, 9.17) is 4.74 Å². The maximum absolute atomic E-state index is 12.7. The van der Waals surface area contributed by atoms with Gasteiger partial charge >= 0.3 is 5.69 Å². The minimum absolute atomic E-state index is 0.0203. The smallest absolute Gasteiger partial charge is 0.312 e. The van der Waals surface area contributed by atoms with Crippen molar-refractivity contribution in [1.82, 2.24) is 14.7 Å². The first-order valence-corrected chi connectivity index (χ1v) is 8.99. The van der Waals surface area contributed by atoms with Crippen LogP contribution >= 0.6 is 15.9 Å². The molecular formula is C17H19BrN4O4. The molecule has 1 unspecified atom stereocenters. The molecule has 3 rings (SSSR count). The quantitative estimate of drug-likeness (QED) is 0.557. The highest BCUT2D eigenvalue weighted by Crippen LogP contribution is 2.25. The molecule has 1 amide bonds. The van der Waals surface area contributed by atoms with Gasteiger partial charge in [0.25, 0.3) is 0 Å². The molecule has 0 N–H and O–H groups in total. The molecular weight excluding hydrogens is 404 g/mol. The van der Waals surface area contributed by atoms with Gasteiger partial charge in [-0.15, -0.1) is 0 Å². The van der Waals surface area contributed by atoms with E-state index in [1.807, 2.05) is 24.3 Å². The molecule has 1 aliphatic heterocycles. The van der Waals surface area contributed by atoms with Crippen LogP contribution in [0.1, 0.15) is 23.1 Å². The lowest BCUT2D eigenvalue weighted by atomic mass is 10.1. The fourth-order valence-corrected chi connectivity index (χ4v) is 3.35. The number of aryl methyl sites for hydroxylation is 1. The van der Waals surface area contributed by atoms with Gasteiger partial charge in [-0.25, -0.2) is 0 Å². The summed E-state index contributed by atoms with van der Waals surface area (Å²) in [6.07, 6.45) is -0.185. The first-order valence-electron chi connectivity index (χ1n) is 8.20. The average Bonchev–Trinajstić information content (AvgIpc) is 2.89. The zero-order valence-corrected chi connectivity index (χ0v) is 16.1. The number of nitrogens with zero attached hydrogens (tertiary/aromatic N) is 4. The number of morpholine rings is 1. The van der Waals surface area contributed by atoms with Gasteiger partial charge in [-0.2, -0.15) is 5.10 Å². The number of rotatable bonds is 4. The summed E-state index contributed by atoms with van der Waals surface area (Å²) in [6, 6.07) is 7.81. The highest BCUT2D eigenvalue weighted by atomic mass is 79.9.